The van der Waals surface area contributed by atoms with Crippen LogP contribution >= 0.6 is 0 Å². The lowest BCUT2D eigenvalue weighted by atomic mass is 9.73. The molecule has 2 N–H and O–H groups in total. The van der Waals surface area contributed by atoms with Crippen LogP contribution in [0.4, 0.5) is 0 Å². The van der Waals surface area contributed by atoms with Crippen LogP contribution in [-0.2, 0) is 21.4 Å². The topological polar surface area (TPSA) is 73.4 Å². The molecule has 1 aromatic heterocycles. The monoisotopic (exact) mass is 390 g/mol. The van der Waals surface area contributed by atoms with Gasteiger partial charge in [0.1, 0.15) is 0 Å². The molecule has 150 valence electrons. The van der Waals surface area contributed by atoms with Crippen molar-refractivity contribution < 1.29 is 14.7 Å². The van der Waals surface area contributed by atoms with Crippen LogP contribution in [0.2, 0.25) is 0 Å². The highest BCUT2D eigenvalue weighted by atomic mass is 16.4. The molecule has 29 heavy (non-hydrogen) atoms. The first-order valence-electron chi connectivity index (χ1n) is 10.2. The Morgan fingerprint density at radius 3 is 2.41 bits per heavy atom. The van der Waals surface area contributed by atoms with Crippen LogP contribution in [-0.4, -0.2) is 40.0 Å². The summed E-state index contributed by atoms with van der Waals surface area (Å²) in [6.07, 6.45) is 5.08. The summed E-state index contributed by atoms with van der Waals surface area (Å²) in [4.78, 5) is 29.8. The fourth-order valence-electron chi connectivity index (χ4n) is 4.45. The normalized spacial score (nSPS) is 16.1. The molecule has 1 aliphatic rings. The van der Waals surface area contributed by atoms with Crippen molar-refractivity contribution in [1.82, 2.24) is 9.88 Å². The number of hydrogen-bond acceptors (Lipinski definition) is 2. The number of carboxylic acid groups (broad SMARTS) is 1. The van der Waals surface area contributed by atoms with Gasteiger partial charge in [-0.1, -0.05) is 48.5 Å². The van der Waals surface area contributed by atoms with Gasteiger partial charge in [0.25, 0.3) is 0 Å². The smallest absolute Gasteiger partial charge is 0.314 e. The van der Waals surface area contributed by atoms with Crippen molar-refractivity contribution in [2.75, 3.05) is 13.1 Å². The second kappa shape index (κ2) is 8.11. The lowest BCUT2D eigenvalue weighted by Gasteiger charge is -2.39. The number of hydrogen-bond donors (Lipinski definition) is 2. The highest BCUT2D eigenvalue weighted by Crippen LogP contribution is 2.36. The van der Waals surface area contributed by atoms with E-state index in [0.717, 1.165) is 23.9 Å². The second-order valence-corrected chi connectivity index (χ2v) is 7.85. The van der Waals surface area contributed by atoms with Gasteiger partial charge in [0.15, 0.2) is 0 Å². The number of nitrogens with zero attached hydrogens (tertiary/aromatic N) is 1. The molecule has 0 unspecified atom stereocenters. The Bertz CT molecular complexity index is 1000. The number of carbonyl (C=O) groups is 2. The number of aryl methyl sites for hydroxylation is 1. The maximum atomic E-state index is 12.7. The van der Waals surface area contributed by atoms with E-state index < -0.39 is 11.4 Å². The van der Waals surface area contributed by atoms with E-state index in [9.17, 15) is 14.7 Å². The summed E-state index contributed by atoms with van der Waals surface area (Å²) >= 11 is 0. The van der Waals surface area contributed by atoms with Gasteiger partial charge in [-0.15, -0.1) is 0 Å². The molecule has 0 bridgehead atoms. The van der Waals surface area contributed by atoms with Gasteiger partial charge in [-0.3, -0.25) is 9.59 Å². The summed E-state index contributed by atoms with van der Waals surface area (Å²) < 4.78 is 0. The highest BCUT2D eigenvalue weighted by Gasteiger charge is 2.43. The van der Waals surface area contributed by atoms with Crippen molar-refractivity contribution in [2.24, 2.45) is 0 Å². The van der Waals surface area contributed by atoms with Crippen LogP contribution in [0.1, 0.15) is 36.8 Å². The SMILES string of the molecule is O=C(CCCc1c[nH]c2ccccc12)N1CCC(C(=O)O)(c2ccccc2)CC1. The molecule has 0 spiro atoms. The number of rotatable bonds is 6. The third-order valence-corrected chi connectivity index (χ3v) is 6.22. The second-order valence-electron chi connectivity index (χ2n) is 7.85. The number of likely N-dealkylation sites (tertiary alicyclic amines) is 1. The number of benzene rings is 2. The number of aromatic amines is 1. The summed E-state index contributed by atoms with van der Waals surface area (Å²) in [5.74, 6) is -0.674. The van der Waals surface area contributed by atoms with Crippen LogP contribution < -0.4 is 0 Å². The van der Waals surface area contributed by atoms with E-state index in [1.165, 1.54) is 10.9 Å². The number of carboxylic acids is 1. The number of amides is 1. The Kier molecular flexibility index (Phi) is 5.38. The average Bonchev–Trinajstić information content (AvgIpc) is 3.17. The predicted molar refractivity (Wildman–Crippen MR) is 113 cm³/mol. The molecule has 1 saturated heterocycles. The molecule has 4 rings (SSSR count). The predicted octanol–water partition coefficient (Wildman–Crippen LogP) is 4.14. The van der Waals surface area contributed by atoms with Gasteiger partial charge in [-0.05, 0) is 42.9 Å². The zero-order valence-electron chi connectivity index (χ0n) is 16.4. The fraction of sp³-hybridized carbons (Fsp3) is 0.333. The Morgan fingerprint density at radius 2 is 1.69 bits per heavy atom. The number of fused-ring (bicyclic) bond motifs is 1. The first-order valence-corrected chi connectivity index (χ1v) is 10.2. The lowest BCUT2D eigenvalue weighted by Crippen LogP contribution is -2.49. The summed E-state index contributed by atoms with van der Waals surface area (Å²) in [6.45, 7) is 0.986. The van der Waals surface area contributed by atoms with Gasteiger partial charge < -0.3 is 15.0 Å². The third-order valence-electron chi connectivity index (χ3n) is 6.22. The number of aromatic nitrogens is 1. The number of carbonyl (C=O) groups excluding carboxylic acids is 1. The highest BCUT2D eigenvalue weighted by molar-refractivity contribution is 5.84. The molecule has 5 nitrogen and oxygen atoms in total. The summed E-state index contributed by atoms with van der Waals surface area (Å²) in [7, 11) is 0. The summed E-state index contributed by atoms with van der Waals surface area (Å²) in [6, 6.07) is 17.6. The largest absolute Gasteiger partial charge is 0.481 e. The fourth-order valence-corrected chi connectivity index (χ4v) is 4.45. The number of nitrogens with one attached hydrogen (secondary N) is 1. The van der Waals surface area contributed by atoms with E-state index in [1.807, 2.05) is 53.6 Å². The molecule has 5 heteroatoms. The molecule has 0 saturated carbocycles. The van der Waals surface area contributed by atoms with E-state index in [-0.39, 0.29) is 5.91 Å². The van der Waals surface area contributed by atoms with Crippen LogP contribution in [0.25, 0.3) is 10.9 Å². The van der Waals surface area contributed by atoms with E-state index >= 15 is 0 Å². The Labute approximate surface area is 170 Å². The zero-order valence-corrected chi connectivity index (χ0v) is 16.4. The molecule has 0 atom stereocenters. The van der Waals surface area contributed by atoms with Crippen LogP contribution in [0.15, 0.2) is 60.8 Å². The number of H-pyrrole nitrogens is 1. The van der Waals surface area contributed by atoms with E-state index in [2.05, 4.69) is 17.1 Å². The van der Waals surface area contributed by atoms with Gasteiger partial charge in [0.05, 0.1) is 5.41 Å². The quantitative estimate of drug-likeness (QED) is 0.664. The Morgan fingerprint density at radius 1 is 1.00 bits per heavy atom. The Hall–Kier alpha value is -3.08. The summed E-state index contributed by atoms with van der Waals surface area (Å²) in [5, 5.41) is 11.1. The van der Waals surface area contributed by atoms with Crippen molar-refractivity contribution in [3.63, 3.8) is 0 Å². The minimum absolute atomic E-state index is 0.122. The molecular formula is C24H26N2O3. The minimum Gasteiger partial charge on any atom is -0.481 e. The number of aliphatic carboxylic acids is 1. The molecular weight excluding hydrogens is 364 g/mol. The number of piperidine rings is 1. The third kappa shape index (κ3) is 3.77. The molecule has 2 aromatic carbocycles. The summed E-state index contributed by atoms with van der Waals surface area (Å²) in [5.41, 5.74) is 2.30. The first kappa shape index (κ1) is 19.2. The molecule has 1 fully saturated rings. The van der Waals surface area contributed by atoms with E-state index in [0.29, 0.717) is 32.4 Å². The maximum Gasteiger partial charge on any atom is 0.314 e. The molecule has 2 heterocycles. The van der Waals surface area contributed by atoms with Gasteiger partial charge in [-0.2, -0.15) is 0 Å². The van der Waals surface area contributed by atoms with Crippen molar-refractivity contribution in [1.29, 1.82) is 0 Å². The van der Waals surface area contributed by atoms with Crippen molar-refractivity contribution in [2.45, 2.75) is 37.5 Å². The van der Waals surface area contributed by atoms with Crippen molar-refractivity contribution >= 4 is 22.8 Å². The molecule has 0 radical (unpaired) electrons. The van der Waals surface area contributed by atoms with Gasteiger partial charge in [0, 0.05) is 36.6 Å². The van der Waals surface area contributed by atoms with Crippen LogP contribution in [0.5, 0.6) is 0 Å². The lowest BCUT2D eigenvalue weighted by molar-refractivity contribution is -0.148. The van der Waals surface area contributed by atoms with Crippen LogP contribution in [0, 0.1) is 0 Å². The van der Waals surface area contributed by atoms with Gasteiger partial charge in [-0.25, -0.2) is 0 Å². The minimum atomic E-state index is -0.887. The molecule has 1 aliphatic heterocycles. The van der Waals surface area contributed by atoms with Gasteiger partial charge >= 0.3 is 5.97 Å². The van der Waals surface area contributed by atoms with E-state index in [4.69, 9.17) is 0 Å². The average molecular weight is 390 g/mol. The van der Waals surface area contributed by atoms with Crippen LogP contribution in [0.3, 0.4) is 0 Å². The molecule has 0 aliphatic carbocycles. The first-order chi connectivity index (χ1) is 14.1. The van der Waals surface area contributed by atoms with Crippen molar-refractivity contribution in [3.05, 3.63) is 71.9 Å². The molecule has 1 amide bonds. The van der Waals surface area contributed by atoms with E-state index in [1.54, 1.807) is 0 Å². The van der Waals surface area contributed by atoms with Gasteiger partial charge in [0.2, 0.25) is 5.91 Å². The maximum absolute atomic E-state index is 12.7. The Balaban J connectivity index is 1.33. The standard InChI is InChI=1S/C24H26N2O3/c27-22(12-6-7-18-17-25-21-11-5-4-10-20(18)21)26-15-13-24(14-16-26,23(28)29)19-8-2-1-3-9-19/h1-5,8-11,17,25H,6-7,12-16H2,(H,28,29). The number of para-hydroxylation sites is 1. The molecule has 3 aromatic rings. The zero-order chi connectivity index (χ0) is 20.3. The van der Waals surface area contributed by atoms with Crippen molar-refractivity contribution in [3.8, 4) is 0 Å².